The third kappa shape index (κ3) is 3.91. The summed E-state index contributed by atoms with van der Waals surface area (Å²) >= 11 is 6.32. The lowest BCUT2D eigenvalue weighted by Crippen LogP contribution is -2.47. The molecule has 1 aliphatic heterocycles. The van der Waals surface area contributed by atoms with Gasteiger partial charge in [0.15, 0.2) is 11.0 Å². The minimum Gasteiger partial charge on any atom is -0.497 e. The Balaban J connectivity index is 1.97. The second kappa shape index (κ2) is 8.41. The lowest BCUT2D eigenvalue weighted by molar-refractivity contribution is -0.117. The minimum atomic E-state index is -0.0914. The smallest absolute Gasteiger partial charge is 0.248 e. The second-order valence-corrected chi connectivity index (χ2v) is 6.27. The summed E-state index contributed by atoms with van der Waals surface area (Å²) in [6.07, 6.45) is 1.35. The summed E-state index contributed by atoms with van der Waals surface area (Å²) in [6.45, 7) is 1.44. The molecule has 1 aromatic carbocycles. The fourth-order valence-corrected chi connectivity index (χ4v) is 3.22. The highest BCUT2D eigenvalue weighted by Crippen LogP contribution is 2.38. The number of ether oxygens (including phenoxy) is 3. The van der Waals surface area contributed by atoms with Crippen LogP contribution in [0, 0.1) is 0 Å². The van der Waals surface area contributed by atoms with Crippen LogP contribution in [0.5, 0.6) is 11.5 Å². The van der Waals surface area contributed by atoms with E-state index in [-0.39, 0.29) is 12.5 Å². The lowest BCUT2D eigenvalue weighted by Gasteiger charge is -2.36. The van der Waals surface area contributed by atoms with Gasteiger partial charge in [-0.2, -0.15) is 0 Å². The van der Waals surface area contributed by atoms with Crippen molar-refractivity contribution >= 4 is 29.0 Å². The van der Waals surface area contributed by atoms with E-state index in [1.54, 1.807) is 32.3 Å². The summed E-state index contributed by atoms with van der Waals surface area (Å²) in [5.74, 6) is 1.69. The van der Waals surface area contributed by atoms with Gasteiger partial charge in [0.1, 0.15) is 23.5 Å². The van der Waals surface area contributed by atoms with Crippen LogP contribution < -0.4 is 19.3 Å². The molecule has 1 aliphatic rings. The molecule has 0 N–H and O–H groups in total. The number of halogens is 1. The number of benzene rings is 1. The predicted molar refractivity (Wildman–Crippen MR) is 102 cm³/mol. The van der Waals surface area contributed by atoms with Gasteiger partial charge in [-0.25, -0.2) is 9.97 Å². The Morgan fingerprint density at radius 3 is 2.70 bits per heavy atom. The average Bonchev–Trinajstić information content (AvgIpc) is 2.68. The first kappa shape index (κ1) is 19.2. The molecule has 0 saturated heterocycles. The first-order valence-electron chi connectivity index (χ1n) is 8.34. The normalized spacial score (nSPS) is 13.6. The number of carbonyl (C=O) groups excluding carboxylic acids is 1. The van der Waals surface area contributed by atoms with E-state index >= 15 is 0 Å². The van der Waals surface area contributed by atoms with Gasteiger partial charge in [0, 0.05) is 25.3 Å². The van der Waals surface area contributed by atoms with Crippen molar-refractivity contribution in [2.24, 2.45) is 0 Å². The topological polar surface area (TPSA) is 77.0 Å². The number of carbonyl (C=O) groups is 1. The first-order valence-corrected chi connectivity index (χ1v) is 8.72. The molecule has 0 spiro atoms. The number of amides is 1. The van der Waals surface area contributed by atoms with Gasteiger partial charge in [-0.1, -0.05) is 11.6 Å². The molecule has 0 unspecified atom stereocenters. The van der Waals surface area contributed by atoms with E-state index in [1.807, 2.05) is 17.0 Å². The van der Waals surface area contributed by atoms with Crippen molar-refractivity contribution in [2.75, 3.05) is 50.8 Å². The zero-order valence-corrected chi connectivity index (χ0v) is 16.2. The van der Waals surface area contributed by atoms with E-state index in [1.165, 1.54) is 6.33 Å². The Hall–Kier alpha value is -2.58. The number of nitrogens with zero attached hydrogens (tertiary/aromatic N) is 4. The van der Waals surface area contributed by atoms with Crippen LogP contribution in [-0.4, -0.2) is 56.9 Å². The van der Waals surface area contributed by atoms with E-state index in [9.17, 15) is 4.79 Å². The third-order valence-electron chi connectivity index (χ3n) is 4.35. The zero-order chi connectivity index (χ0) is 19.4. The molecule has 2 aromatic rings. The Morgan fingerprint density at radius 1 is 1.19 bits per heavy atom. The number of aromatic nitrogens is 2. The molecule has 2 heterocycles. The van der Waals surface area contributed by atoms with Crippen LogP contribution >= 0.6 is 11.6 Å². The molecule has 0 saturated carbocycles. The van der Waals surface area contributed by atoms with Crippen molar-refractivity contribution in [3.8, 4) is 11.5 Å². The van der Waals surface area contributed by atoms with Crippen LogP contribution in [0.15, 0.2) is 24.5 Å². The quantitative estimate of drug-likeness (QED) is 0.668. The highest BCUT2D eigenvalue weighted by atomic mass is 35.5. The van der Waals surface area contributed by atoms with Crippen LogP contribution in [-0.2, 0) is 16.1 Å². The number of methoxy groups -OCH3 is 3. The molecule has 0 atom stereocenters. The van der Waals surface area contributed by atoms with E-state index in [2.05, 4.69) is 9.97 Å². The molecule has 0 fully saturated rings. The number of fused-ring (bicyclic) bond motifs is 1. The molecule has 1 amide bonds. The largest absolute Gasteiger partial charge is 0.497 e. The van der Waals surface area contributed by atoms with E-state index < -0.39 is 0 Å². The fraction of sp³-hybridized carbons (Fsp3) is 0.389. The number of rotatable bonds is 7. The van der Waals surface area contributed by atoms with Gasteiger partial charge in [0.25, 0.3) is 0 Å². The Kier molecular flexibility index (Phi) is 5.98. The molecular formula is C18H21ClN4O4. The van der Waals surface area contributed by atoms with Gasteiger partial charge in [-0.05, 0) is 12.1 Å². The van der Waals surface area contributed by atoms with Gasteiger partial charge in [-0.15, -0.1) is 0 Å². The SMILES string of the molecule is COCCN1CC(=O)N(Cc2ccc(OC)cc2OC)c2ncnc(Cl)c21. The van der Waals surface area contributed by atoms with E-state index in [0.29, 0.717) is 47.9 Å². The second-order valence-electron chi connectivity index (χ2n) is 5.91. The van der Waals surface area contributed by atoms with Gasteiger partial charge >= 0.3 is 0 Å². The molecule has 8 nitrogen and oxygen atoms in total. The van der Waals surface area contributed by atoms with Crippen molar-refractivity contribution in [2.45, 2.75) is 6.54 Å². The first-order chi connectivity index (χ1) is 13.1. The molecular weight excluding hydrogens is 372 g/mol. The highest BCUT2D eigenvalue weighted by molar-refractivity contribution is 6.33. The maximum absolute atomic E-state index is 12.8. The molecule has 9 heteroatoms. The Bertz CT molecular complexity index is 833. The van der Waals surface area contributed by atoms with Crippen molar-refractivity contribution in [3.05, 3.63) is 35.2 Å². The number of anilines is 2. The fourth-order valence-electron chi connectivity index (χ4n) is 2.97. The van der Waals surface area contributed by atoms with Crippen molar-refractivity contribution in [1.82, 2.24) is 9.97 Å². The minimum absolute atomic E-state index is 0.0914. The van der Waals surface area contributed by atoms with E-state index in [0.717, 1.165) is 5.56 Å². The van der Waals surface area contributed by atoms with Gasteiger partial charge in [0.05, 0.1) is 33.9 Å². The molecule has 1 aromatic heterocycles. The summed E-state index contributed by atoms with van der Waals surface area (Å²) < 4.78 is 15.8. The zero-order valence-electron chi connectivity index (χ0n) is 15.4. The third-order valence-corrected chi connectivity index (χ3v) is 4.62. The molecule has 0 bridgehead atoms. The molecule has 0 radical (unpaired) electrons. The summed E-state index contributed by atoms with van der Waals surface area (Å²) in [4.78, 5) is 24.7. The van der Waals surface area contributed by atoms with Crippen LogP contribution in [0.4, 0.5) is 11.5 Å². The summed E-state index contributed by atoms with van der Waals surface area (Å²) in [5, 5.41) is 0.301. The van der Waals surface area contributed by atoms with E-state index in [4.69, 9.17) is 25.8 Å². The van der Waals surface area contributed by atoms with Crippen LogP contribution in [0.1, 0.15) is 5.56 Å². The standard InChI is InChI=1S/C18H21ClN4O4/c1-25-7-6-22-10-15(24)23(18-16(22)17(19)20-11-21-18)9-12-4-5-13(26-2)8-14(12)27-3/h4-5,8,11H,6-7,9-10H2,1-3H3. The summed E-state index contributed by atoms with van der Waals surface area (Å²) in [7, 11) is 4.78. The highest BCUT2D eigenvalue weighted by Gasteiger charge is 2.33. The van der Waals surface area contributed by atoms with Crippen molar-refractivity contribution in [1.29, 1.82) is 0 Å². The Labute approximate surface area is 162 Å². The summed E-state index contributed by atoms with van der Waals surface area (Å²) in [5.41, 5.74) is 1.46. The predicted octanol–water partition coefficient (Wildman–Crippen LogP) is 2.15. The van der Waals surface area contributed by atoms with Gasteiger partial charge < -0.3 is 19.1 Å². The van der Waals surface area contributed by atoms with Gasteiger partial charge in [-0.3, -0.25) is 9.69 Å². The van der Waals surface area contributed by atoms with Crippen LogP contribution in [0.3, 0.4) is 0 Å². The molecule has 27 heavy (non-hydrogen) atoms. The molecule has 0 aliphatic carbocycles. The maximum atomic E-state index is 12.8. The van der Waals surface area contributed by atoms with Crippen LogP contribution in [0.2, 0.25) is 5.15 Å². The van der Waals surface area contributed by atoms with Gasteiger partial charge in [0.2, 0.25) is 5.91 Å². The molecule has 144 valence electrons. The average molecular weight is 393 g/mol. The van der Waals surface area contributed by atoms with Crippen LogP contribution in [0.25, 0.3) is 0 Å². The number of hydrogen-bond donors (Lipinski definition) is 0. The summed E-state index contributed by atoms with van der Waals surface area (Å²) in [6, 6.07) is 5.47. The monoisotopic (exact) mass is 392 g/mol. The molecule has 3 rings (SSSR count). The maximum Gasteiger partial charge on any atom is 0.248 e. The van der Waals surface area contributed by atoms with Crippen molar-refractivity contribution in [3.63, 3.8) is 0 Å². The lowest BCUT2D eigenvalue weighted by atomic mass is 10.1. The van der Waals surface area contributed by atoms with Crippen molar-refractivity contribution < 1.29 is 19.0 Å². The Morgan fingerprint density at radius 2 is 2.00 bits per heavy atom. The number of hydrogen-bond acceptors (Lipinski definition) is 7.